The predicted octanol–water partition coefficient (Wildman–Crippen LogP) is 8.27. The minimum absolute atomic E-state index is 0.809. The number of aromatic amines is 2. The van der Waals surface area contributed by atoms with E-state index >= 15 is 0 Å². The molecular formula is C34H24N6. The van der Waals surface area contributed by atoms with Crippen molar-refractivity contribution in [3.05, 3.63) is 132 Å². The van der Waals surface area contributed by atoms with Gasteiger partial charge in [-0.3, -0.25) is 9.98 Å². The Bertz CT molecular complexity index is 1800. The number of aromatic nitrogens is 4. The molecule has 0 spiro atoms. The first-order chi connectivity index (χ1) is 19.8. The Labute approximate surface area is 230 Å². The summed E-state index contributed by atoms with van der Waals surface area (Å²) in [4.78, 5) is 25.8. The van der Waals surface area contributed by atoms with Crippen molar-refractivity contribution in [1.82, 2.24) is 19.9 Å². The van der Waals surface area contributed by atoms with Gasteiger partial charge in [0.2, 0.25) is 0 Å². The molecule has 0 aliphatic carbocycles. The number of benzene rings is 5. The average Bonchev–Trinajstić information content (AvgIpc) is 3.64. The van der Waals surface area contributed by atoms with E-state index in [9.17, 15) is 0 Å². The third-order valence-electron chi connectivity index (χ3n) is 6.74. The molecule has 0 fully saturated rings. The SMILES string of the molecule is C(=Nc1ccccc1-c1nc2ccccc2[nH]1)c1ccc(C=Nc2ccccc2-c2nc3ccccc3[nH]2)cc1. The molecule has 0 saturated heterocycles. The van der Waals surface area contributed by atoms with Gasteiger partial charge < -0.3 is 9.97 Å². The lowest BCUT2D eigenvalue weighted by atomic mass is 10.1. The molecule has 7 rings (SSSR count). The van der Waals surface area contributed by atoms with Crippen molar-refractivity contribution in [2.75, 3.05) is 0 Å². The van der Waals surface area contributed by atoms with Crippen molar-refractivity contribution in [2.45, 2.75) is 0 Å². The Hall–Kier alpha value is -5.62. The number of nitrogens with one attached hydrogen (secondary N) is 2. The topological polar surface area (TPSA) is 82.1 Å². The summed E-state index contributed by atoms with van der Waals surface area (Å²) in [6.07, 6.45) is 3.75. The van der Waals surface area contributed by atoms with E-state index in [1.807, 2.05) is 134 Å². The van der Waals surface area contributed by atoms with Crippen molar-refractivity contribution < 1.29 is 0 Å². The predicted molar refractivity (Wildman–Crippen MR) is 164 cm³/mol. The quantitative estimate of drug-likeness (QED) is 0.218. The fraction of sp³-hybridized carbons (Fsp3) is 0. The summed E-state index contributed by atoms with van der Waals surface area (Å²) in [6.45, 7) is 0. The first-order valence-corrected chi connectivity index (χ1v) is 13.1. The van der Waals surface area contributed by atoms with Crippen LogP contribution in [0.25, 0.3) is 44.8 Å². The van der Waals surface area contributed by atoms with E-state index in [0.717, 1.165) is 67.3 Å². The average molecular weight is 517 g/mol. The molecule has 2 heterocycles. The van der Waals surface area contributed by atoms with Gasteiger partial charge in [0.15, 0.2) is 0 Å². The molecule has 40 heavy (non-hydrogen) atoms. The van der Waals surface area contributed by atoms with Crippen molar-refractivity contribution in [3.8, 4) is 22.8 Å². The highest BCUT2D eigenvalue weighted by Gasteiger charge is 2.10. The summed E-state index contributed by atoms with van der Waals surface area (Å²) < 4.78 is 0. The zero-order chi connectivity index (χ0) is 26.7. The highest BCUT2D eigenvalue weighted by Crippen LogP contribution is 2.31. The lowest BCUT2D eigenvalue weighted by Gasteiger charge is -2.03. The maximum absolute atomic E-state index is 4.78. The molecular weight excluding hydrogens is 492 g/mol. The first-order valence-electron chi connectivity index (χ1n) is 13.1. The van der Waals surface area contributed by atoms with Crippen LogP contribution in [0.4, 0.5) is 11.4 Å². The molecule has 0 bridgehead atoms. The molecule has 7 aromatic rings. The molecule has 190 valence electrons. The van der Waals surface area contributed by atoms with Crippen molar-refractivity contribution in [1.29, 1.82) is 0 Å². The van der Waals surface area contributed by atoms with Gasteiger partial charge in [-0.2, -0.15) is 0 Å². The van der Waals surface area contributed by atoms with E-state index in [1.54, 1.807) is 0 Å². The van der Waals surface area contributed by atoms with Crippen LogP contribution in [0.15, 0.2) is 131 Å². The summed E-state index contributed by atoms with van der Waals surface area (Å²) in [5, 5.41) is 0. The van der Waals surface area contributed by atoms with Gasteiger partial charge in [-0.25, -0.2) is 9.97 Å². The number of H-pyrrole nitrogens is 2. The normalized spacial score (nSPS) is 11.8. The standard InChI is InChI=1S/C34H24N6/c1-3-11-27(25(9-1)33-37-29-13-5-6-14-30(29)38-33)35-21-23-17-19-24(20-18-23)22-36-28-12-4-2-10-26(28)34-39-31-15-7-8-16-32(31)40-34/h1-22H,(H,37,38)(H,39,40). The lowest BCUT2D eigenvalue weighted by Crippen LogP contribution is -1.86. The van der Waals surface area contributed by atoms with Crippen LogP contribution in [-0.4, -0.2) is 32.4 Å². The van der Waals surface area contributed by atoms with Crippen LogP contribution in [0.5, 0.6) is 0 Å². The minimum atomic E-state index is 0.809. The highest BCUT2D eigenvalue weighted by atomic mass is 14.9. The third kappa shape index (κ3) is 4.70. The molecule has 5 aromatic carbocycles. The molecule has 0 unspecified atom stereocenters. The Morgan fingerprint density at radius 3 is 1.30 bits per heavy atom. The second-order valence-corrected chi connectivity index (χ2v) is 9.42. The van der Waals surface area contributed by atoms with Gasteiger partial charge in [0.25, 0.3) is 0 Å². The number of rotatable bonds is 6. The molecule has 0 atom stereocenters. The summed E-state index contributed by atoms with van der Waals surface area (Å²) in [6, 6.07) is 40.3. The second kappa shape index (κ2) is 10.3. The fourth-order valence-corrected chi connectivity index (χ4v) is 4.69. The molecule has 2 N–H and O–H groups in total. The second-order valence-electron chi connectivity index (χ2n) is 9.42. The van der Waals surface area contributed by atoms with Crippen molar-refractivity contribution >= 4 is 45.9 Å². The summed E-state index contributed by atoms with van der Waals surface area (Å²) in [7, 11) is 0. The summed E-state index contributed by atoms with van der Waals surface area (Å²) >= 11 is 0. The number of nitrogens with zero attached hydrogens (tertiary/aromatic N) is 4. The van der Waals surface area contributed by atoms with Crippen LogP contribution in [0.2, 0.25) is 0 Å². The molecule has 0 amide bonds. The van der Waals surface area contributed by atoms with E-state index in [0.29, 0.717) is 0 Å². The molecule has 6 heteroatoms. The van der Waals surface area contributed by atoms with Crippen LogP contribution < -0.4 is 0 Å². The van der Waals surface area contributed by atoms with Crippen molar-refractivity contribution in [3.63, 3.8) is 0 Å². The van der Waals surface area contributed by atoms with Crippen LogP contribution in [0, 0.1) is 0 Å². The van der Waals surface area contributed by atoms with E-state index in [2.05, 4.69) is 9.97 Å². The largest absolute Gasteiger partial charge is 0.338 e. The Kier molecular flexibility index (Phi) is 6.03. The Morgan fingerprint density at radius 2 is 0.850 bits per heavy atom. The maximum atomic E-state index is 4.78. The zero-order valence-corrected chi connectivity index (χ0v) is 21.5. The summed E-state index contributed by atoms with van der Waals surface area (Å²) in [5.74, 6) is 1.62. The van der Waals surface area contributed by atoms with E-state index in [1.165, 1.54) is 0 Å². The number of aliphatic imine (C=N–C) groups is 2. The smallest absolute Gasteiger partial charge is 0.140 e. The number of hydrogen-bond acceptors (Lipinski definition) is 4. The molecule has 0 radical (unpaired) electrons. The monoisotopic (exact) mass is 516 g/mol. The molecule has 0 aliphatic heterocycles. The molecule has 6 nitrogen and oxygen atoms in total. The van der Waals surface area contributed by atoms with E-state index in [4.69, 9.17) is 20.0 Å². The van der Waals surface area contributed by atoms with E-state index < -0.39 is 0 Å². The molecule has 0 aliphatic rings. The van der Waals surface area contributed by atoms with E-state index in [-0.39, 0.29) is 0 Å². The van der Waals surface area contributed by atoms with Gasteiger partial charge in [0.1, 0.15) is 11.6 Å². The zero-order valence-electron chi connectivity index (χ0n) is 21.5. The lowest BCUT2D eigenvalue weighted by molar-refractivity contribution is 1.33. The Balaban J connectivity index is 1.11. The van der Waals surface area contributed by atoms with Gasteiger partial charge in [0, 0.05) is 23.6 Å². The van der Waals surface area contributed by atoms with Gasteiger partial charge >= 0.3 is 0 Å². The van der Waals surface area contributed by atoms with Gasteiger partial charge in [-0.05, 0) is 59.7 Å². The van der Waals surface area contributed by atoms with Gasteiger partial charge in [-0.1, -0.05) is 72.8 Å². The molecule has 0 saturated carbocycles. The van der Waals surface area contributed by atoms with Crippen LogP contribution >= 0.6 is 0 Å². The number of fused-ring (bicyclic) bond motifs is 2. The Morgan fingerprint density at radius 1 is 0.450 bits per heavy atom. The van der Waals surface area contributed by atoms with Crippen LogP contribution in [0.3, 0.4) is 0 Å². The maximum Gasteiger partial charge on any atom is 0.140 e. The van der Waals surface area contributed by atoms with Crippen LogP contribution in [0.1, 0.15) is 11.1 Å². The number of hydrogen-bond donors (Lipinski definition) is 2. The summed E-state index contributed by atoms with van der Waals surface area (Å²) in [5.41, 5.74) is 9.52. The van der Waals surface area contributed by atoms with Gasteiger partial charge in [0.05, 0.1) is 33.4 Å². The molecule has 2 aromatic heterocycles. The number of para-hydroxylation sites is 6. The van der Waals surface area contributed by atoms with Crippen LogP contribution in [-0.2, 0) is 0 Å². The van der Waals surface area contributed by atoms with Gasteiger partial charge in [-0.15, -0.1) is 0 Å². The van der Waals surface area contributed by atoms with Crippen molar-refractivity contribution in [2.24, 2.45) is 9.98 Å². The first kappa shape index (κ1) is 23.5. The number of imidazole rings is 2. The minimum Gasteiger partial charge on any atom is -0.338 e. The highest BCUT2D eigenvalue weighted by molar-refractivity contribution is 5.90. The third-order valence-corrected chi connectivity index (χ3v) is 6.74. The fourth-order valence-electron chi connectivity index (χ4n) is 4.69.